The highest BCUT2D eigenvalue weighted by molar-refractivity contribution is 5.58. The van der Waals surface area contributed by atoms with Gasteiger partial charge in [-0.2, -0.15) is 0 Å². The van der Waals surface area contributed by atoms with Gasteiger partial charge in [-0.25, -0.2) is 0 Å². The summed E-state index contributed by atoms with van der Waals surface area (Å²) in [5, 5.41) is 0. The van der Waals surface area contributed by atoms with Crippen molar-refractivity contribution in [2.75, 3.05) is 38.2 Å². The number of pyridine rings is 1. The fraction of sp³-hybridized carbons (Fsp3) is 0.353. The minimum atomic E-state index is 0.958. The molecule has 1 fully saturated rings. The van der Waals surface area contributed by atoms with E-state index in [4.69, 9.17) is 4.74 Å². The van der Waals surface area contributed by atoms with Crippen LogP contribution in [-0.2, 0) is 6.54 Å². The van der Waals surface area contributed by atoms with Crippen molar-refractivity contribution in [3.05, 3.63) is 54.4 Å². The van der Waals surface area contributed by atoms with Gasteiger partial charge >= 0.3 is 0 Å². The summed E-state index contributed by atoms with van der Waals surface area (Å²) >= 11 is 0. The highest BCUT2D eigenvalue weighted by Gasteiger charge is 2.19. The van der Waals surface area contributed by atoms with E-state index >= 15 is 0 Å². The maximum atomic E-state index is 5.46. The van der Waals surface area contributed by atoms with Gasteiger partial charge in [0.1, 0.15) is 5.75 Å². The van der Waals surface area contributed by atoms with Gasteiger partial charge in [-0.1, -0.05) is 12.1 Å². The number of hydrogen-bond acceptors (Lipinski definition) is 4. The summed E-state index contributed by atoms with van der Waals surface area (Å²) < 4.78 is 5.46. The molecule has 0 amide bonds. The Labute approximate surface area is 126 Å². The first-order valence-corrected chi connectivity index (χ1v) is 7.36. The molecule has 21 heavy (non-hydrogen) atoms. The van der Waals surface area contributed by atoms with Crippen molar-refractivity contribution in [3.8, 4) is 5.75 Å². The van der Waals surface area contributed by atoms with Crippen LogP contribution in [0.2, 0.25) is 0 Å². The summed E-state index contributed by atoms with van der Waals surface area (Å²) in [7, 11) is 1.73. The Hall–Kier alpha value is -2.07. The highest BCUT2D eigenvalue weighted by Crippen LogP contribution is 2.28. The van der Waals surface area contributed by atoms with Crippen LogP contribution in [0.5, 0.6) is 5.75 Å². The van der Waals surface area contributed by atoms with Crippen LogP contribution >= 0.6 is 0 Å². The summed E-state index contributed by atoms with van der Waals surface area (Å²) in [6.45, 7) is 5.21. The van der Waals surface area contributed by atoms with Gasteiger partial charge in [-0.3, -0.25) is 9.88 Å². The smallest absolute Gasteiger partial charge is 0.142 e. The summed E-state index contributed by atoms with van der Waals surface area (Å²) in [6.07, 6.45) is 3.72. The average molecular weight is 283 g/mol. The molecule has 0 saturated carbocycles. The summed E-state index contributed by atoms with van der Waals surface area (Å²) in [5.74, 6) is 0.958. The normalized spacial score (nSPS) is 16.0. The van der Waals surface area contributed by atoms with Gasteiger partial charge < -0.3 is 9.64 Å². The minimum Gasteiger partial charge on any atom is -0.495 e. The third kappa shape index (κ3) is 3.34. The first-order valence-electron chi connectivity index (χ1n) is 7.36. The van der Waals surface area contributed by atoms with E-state index < -0.39 is 0 Å². The van der Waals surface area contributed by atoms with E-state index in [1.54, 1.807) is 7.11 Å². The number of ether oxygens (including phenoxy) is 1. The van der Waals surface area contributed by atoms with Gasteiger partial charge in [0.05, 0.1) is 12.8 Å². The lowest BCUT2D eigenvalue weighted by molar-refractivity contribution is 0.249. The lowest BCUT2D eigenvalue weighted by atomic mass is 10.2. The third-order valence-corrected chi connectivity index (χ3v) is 3.95. The van der Waals surface area contributed by atoms with Gasteiger partial charge in [0.25, 0.3) is 0 Å². The van der Waals surface area contributed by atoms with Crippen LogP contribution in [0.25, 0.3) is 0 Å². The molecule has 1 aromatic heterocycles. The number of rotatable bonds is 4. The molecule has 4 heteroatoms. The molecule has 0 unspecified atom stereocenters. The van der Waals surface area contributed by atoms with Crippen molar-refractivity contribution in [1.82, 2.24) is 9.88 Å². The Morgan fingerprint density at radius 1 is 1.00 bits per heavy atom. The largest absolute Gasteiger partial charge is 0.495 e. The number of para-hydroxylation sites is 2. The predicted molar refractivity (Wildman–Crippen MR) is 84.7 cm³/mol. The van der Waals surface area contributed by atoms with Crippen LogP contribution in [0, 0.1) is 0 Å². The van der Waals surface area contributed by atoms with E-state index in [0.717, 1.165) is 38.5 Å². The zero-order valence-corrected chi connectivity index (χ0v) is 12.4. The van der Waals surface area contributed by atoms with Crippen molar-refractivity contribution in [3.63, 3.8) is 0 Å². The second-order valence-electron chi connectivity index (χ2n) is 5.29. The second-order valence-corrected chi connectivity index (χ2v) is 5.29. The standard InChI is InChI=1S/C17H21N3O/c1-21-17-5-3-2-4-16(17)20-12-10-19(11-13-20)14-15-6-8-18-9-7-15/h2-9H,10-14H2,1H3. The monoisotopic (exact) mass is 283 g/mol. The third-order valence-electron chi connectivity index (χ3n) is 3.95. The van der Waals surface area contributed by atoms with Gasteiger partial charge in [0.2, 0.25) is 0 Å². The van der Waals surface area contributed by atoms with E-state index in [9.17, 15) is 0 Å². The van der Waals surface area contributed by atoms with Gasteiger partial charge in [-0.05, 0) is 29.8 Å². The van der Waals surface area contributed by atoms with Gasteiger partial charge in [-0.15, -0.1) is 0 Å². The summed E-state index contributed by atoms with van der Waals surface area (Å²) in [5.41, 5.74) is 2.53. The van der Waals surface area contributed by atoms with Crippen LogP contribution in [0.15, 0.2) is 48.8 Å². The number of hydrogen-bond donors (Lipinski definition) is 0. The average Bonchev–Trinajstić information content (AvgIpc) is 2.56. The van der Waals surface area contributed by atoms with Crippen LogP contribution in [0.1, 0.15) is 5.56 Å². The SMILES string of the molecule is COc1ccccc1N1CCN(Cc2ccncc2)CC1. The van der Waals surface area contributed by atoms with Crippen LogP contribution in [-0.4, -0.2) is 43.2 Å². The Morgan fingerprint density at radius 2 is 1.71 bits per heavy atom. The molecule has 1 saturated heterocycles. The highest BCUT2D eigenvalue weighted by atomic mass is 16.5. The number of nitrogens with zero attached hydrogens (tertiary/aromatic N) is 3. The lowest BCUT2D eigenvalue weighted by Gasteiger charge is -2.36. The van der Waals surface area contributed by atoms with Crippen LogP contribution in [0.4, 0.5) is 5.69 Å². The molecule has 4 nitrogen and oxygen atoms in total. The molecule has 0 spiro atoms. The van der Waals surface area contributed by atoms with E-state index in [2.05, 4.69) is 39.0 Å². The van der Waals surface area contributed by atoms with Crippen molar-refractivity contribution in [1.29, 1.82) is 0 Å². The molecular weight excluding hydrogens is 262 g/mol. The molecule has 0 bridgehead atoms. The number of methoxy groups -OCH3 is 1. The molecule has 0 atom stereocenters. The molecule has 110 valence electrons. The predicted octanol–water partition coefficient (Wildman–Crippen LogP) is 2.41. The topological polar surface area (TPSA) is 28.6 Å². The maximum absolute atomic E-state index is 5.46. The van der Waals surface area contributed by atoms with E-state index in [1.807, 2.05) is 24.5 Å². The number of benzene rings is 1. The Balaban J connectivity index is 1.60. The van der Waals surface area contributed by atoms with E-state index in [1.165, 1.54) is 11.3 Å². The zero-order valence-electron chi connectivity index (χ0n) is 12.4. The molecule has 2 heterocycles. The first kappa shape index (κ1) is 13.9. The molecule has 1 aliphatic rings. The van der Waals surface area contributed by atoms with Crippen molar-refractivity contribution in [2.45, 2.75) is 6.54 Å². The fourth-order valence-electron chi connectivity index (χ4n) is 2.78. The lowest BCUT2D eigenvalue weighted by Crippen LogP contribution is -2.46. The summed E-state index contributed by atoms with van der Waals surface area (Å²) in [4.78, 5) is 8.96. The van der Waals surface area contributed by atoms with E-state index in [0.29, 0.717) is 0 Å². The molecule has 1 aromatic carbocycles. The molecule has 0 aliphatic carbocycles. The molecule has 0 radical (unpaired) electrons. The van der Waals surface area contributed by atoms with Crippen LogP contribution < -0.4 is 9.64 Å². The van der Waals surface area contributed by atoms with Gasteiger partial charge in [0, 0.05) is 45.1 Å². The first-order chi connectivity index (χ1) is 10.4. The Kier molecular flexibility index (Phi) is 4.36. The second kappa shape index (κ2) is 6.59. The zero-order chi connectivity index (χ0) is 14.5. The molecule has 2 aromatic rings. The number of piperazine rings is 1. The minimum absolute atomic E-state index is 0.958. The molecule has 3 rings (SSSR count). The summed E-state index contributed by atoms with van der Waals surface area (Å²) in [6, 6.07) is 12.4. The number of anilines is 1. The maximum Gasteiger partial charge on any atom is 0.142 e. The number of aromatic nitrogens is 1. The Morgan fingerprint density at radius 3 is 2.43 bits per heavy atom. The van der Waals surface area contributed by atoms with Crippen LogP contribution in [0.3, 0.4) is 0 Å². The molecule has 0 N–H and O–H groups in total. The Bertz CT molecular complexity index is 565. The van der Waals surface area contributed by atoms with E-state index in [-0.39, 0.29) is 0 Å². The van der Waals surface area contributed by atoms with Gasteiger partial charge in [0.15, 0.2) is 0 Å². The molecular formula is C17H21N3O. The van der Waals surface area contributed by atoms with Crippen molar-refractivity contribution < 1.29 is 4.74 Å². The van der Waals surface area contributed by atoms with Crippen molar-refractivity contribution >= 4 is 5.69 Å². The van der Waals surface area contributed by atoms with Crippen molar-refractivity contribution in [2.24, 2.45) is 0 Å². The fourth-order valence-corrected chi connectivity index (χ4v) is 2.78. The molecule has 1 aliphatic heterocycles. The quantitative estimate of drug-likeness (QED) is 0.861.